The predicted octanol–water partition coefficient (Wildman–Crippen LogP) is 1.81. The fourth-order valence-electron chi connectivity index (χ4n) is 1.49. The quantitative estimate of drug-likeness (QED) is 0.929. The average molecular weight is 281 g/mol. The predicted molar refractivity (Wildman–Crippen MR) is 66.0 cm³/mol. The van der Waals surface area contributed by atoms with Gasteiger partial charge in [0, 0.05) is 23.4 Å². The fourth-order valence-corrected chi connectivity index (χ4v) is 1.72. The molecule has 0 radical (unpaired) electrons. The molecule has 1 N–H and O–H groups in total. The molecule has 16 heavy (non-hydrogen) atoms. The summed E-state index contributed by atoms with van der Waals surface area (Å²) < 4.78 is 2.94. The molecule has 2 aromatic rings. The van der Waals surface area contributed by atoms with E-state index >= 15 is 0 Å². The summed E-state index contributed by atoms with van der Waals surface area (Å²) in [5.41, 5.74) is 2.16. The van der Waals surface area contributed by atoms with E-state index < -0.39 is 0 Å². The Labute approximate surface area is 103 Å². The van der Waals surface area contributed by atoms with Crippen molar-refractivity contribution in [3.05, 3.63) is 46.5 Å². The van der Waals surface area contributed by atoms with E-state index in [1.54, 1.807) is 6.20 Å². The van der Waals surface area contributed by atoms with E-state index in [4.69, 9.17) is 0 Å². The molecular formula is C11H13BrN4. The zero-order chi connectivity index (χ0) is 11.4. The minimum atomic E-state index is 0.706. The Hall–Kier alpha value is -1.20. The lowest BCUT2D eigenvalue weighted by atomic mass is 10.3. The summed E-state index contributed by atoms with van der Waals surface area (Å²) in [6, 6.07) is 5.99. The first-order valence-corrected chi connectivity index (χ1v) is 5.84. The first kappa shape index (κ1) is 11.3. The molecule has 5 heteroatoms. The molecule has 0 aromatic carbocycles. The van der Waals surface area contributed by atoms with Gasteiger partial charge in [-0.15, -0.1) is 0 Å². The second-order valence-electron chi connectivity index (χ2n) is 3.48. The number of aromatic nitrogens is 3. The average Bonchev–Trinajstić information content (AvgIpc) is 2.70. The van der Waals surface area contributed by atoms with Crippen molar-refractivity contribution in [2.75, 3.05) is 7.05 Å². The molecule has 0 fully saturated rings. The van der Waals surface area contributed by atoms with Crippen LogP contribution in [-0.2, 0) is 13.1 Å². The Kier molecular flexibility index (Phi) is 3.69. The monoisotopic (exact) mass is 280 g/mol. The van der Waals surface area contributed by atoms with Crippen LogP contribution in [0.1, 0.15) is 11.4 Å². The van der Waals surface area contributed by atoms with Crippen molar-refractivity contribution in [3.63, 3.8) is 0 Å². The van der Waals surface area contributed by atoms with Crippen LogP contribution in [0.3, 0.4) is 0 Å². The van der Waals surface area contributed by atoms with Gasteiger partial charge in [0.2, 0.25) is 0 Å². The van der Waals surface area contributed by atoms with Gasteiger partial charge in [0.05, 0.1) is 17.9 Å². The first-order valence-electron chi connectivity index (χ1n) is 5.05. The Bertz CT molecular complexity index is 449. The van der Waals surface area contributed by atoms with Crippen LogP contribution in [0.2, 0.25) is 0 Å². The highest BCUT2D eigenvalue weighted by molar-refractivity contribution is 9.10. The molecule has 0 atom stereocenters. The number of nitrogens with zero attached hydrogens (tertiary/aromatic N) is 3. The van der Waals surface area contributed by atoms with E-state index in [0.717, 1.165) is 22.4 Å². The van der Waals surface area contributed by atoms with Crippen LogP contribution < -0.4 is 5.32 Å². The topological polar surface area (TPSA) is 42.7 Å². The van der Waals surface area contributed by atoms with Crippen LogP contribution in [0.4, 0.5) is 0 Å². The molecule has 0 amide bonds. The van der Waals surface area contributed by atoms with Gasteiger partial charge < -0.3 is 5.32 Å². The molecule has 0 spiro atoms. The van der Waals surface area contributed by atoms with Gasteiger partial charge in [0.25, 0.3) is 0 Å². The van der Waals surface area contributed by atoms with Gasteiger partial charge in [0.1, 0.15) is 0 Å². The van der Waals surface area contributed by atoms with E-state index in [-0.39, 0.29) is 0 Å². The van der Waals surface area contributed by atoms with Crippen molar-refractivity contribution in [3.8, 4) is 0 Å². The number of hydrogen-bond acceptors (Lipinski definition) is 3. The highest BCUT2D eigenvalue weighted by Gasteiger charge is 2.02. The van der Waals surface area contributed by atoms with Gasteiger partial charge in [-0.3, -0.25) is 9.67 Å². The molecule has 2 heterocycles. The molecule has 0 saturated heterocycles. The lowest BCUT2D eigenvalue weighted by Crippen LogP contribution is -2.13. The highest BCUT2D eigenvalue weighted by Crippen LogP contribution is 2.09. The highest BCUT2D eigenvalue weighted by atomic mass is 79.9. The SMILES string of the molecule is CNCc1ccnn1Cc1ccc(Br)cn1. The number of pyridine rings is 1. The molecule has 0 aliphatic rings. The molecule has 2 rings (SSSR count). The Morgan fingerprint density at radius 3 is 2.94 bits per heavy atom. The van der Waals surface area contributed by atoms with E-state index in [1.165, 1.54) is 0 Å². The van der Waals surface area contributed by atoms with Crippen LogP contribution in [0.25, 0.3) is 0 Å². The normalized spacial score (nSPS) is 10.6. The Morgan fingerprint density at radius 2 is 2.25 bits per heavy atom. The lowest BCUT2D eigenvalue weighted by Gasteiger charge is -2.06. The maximum absolute atomic E-state index is 4.33. The maximum atomic E-state index is 4.33. The lowest BCUT2D eigenvalue weighted by molar-refractivity contribution is 0.613. The van der Waals surface area contributed by atoms with Crippen LogP contribution in [0.15, 0.2) is 35.1 Å². The minimum Gasteiger partial charge on any atom is -0.314 e. The summed E-state index contributed by atoms with van der Waals surface area (Å²) in [7, 11) is 1.93. The maximum Gasteiger partial charge on any atom is 0.0835 e. The molecule has 0 saturated carbocycles. The number of nitrogens with one attached hydrogen (secondary N) is 1. The molecular weight excluding hydrogens is 268 g/mol. The van der Waals surface area contributed by atoms with Gasteiger partial charge in [-0.2, -0.15) is 5.10 Å². The number of rotatable bonds is 4. The largest absolute Gasteiger partial charge is 0.314 e. The van der Waals surface area contributed by atoms with E-state index in [1.807, 2.05) is 36.1 Å². The van der Waals surface area contributed by atoms with E-state index in [9.17, 15) is 0 Å². The molecule has 0 aliphatic heterocycles. The van der Waals surface area contributed by atoms with Crippen molar-refractivity contribution < 1.29 is 0 Å². The summed E-state index contributed by atoms with van der Waals surface area (Å²) in [5.74, 6) is 0. The van der Waals surface area contributed by atoms with Gasteiger partial charge in [0.15, 0.2) is 0 Å². The molecule has 0 unspecified atom stereocenters. The minimum absolute atomic E-state index is 0.706. The molecule has 4 nitrogen and oxygen atoms in total. The molecule has 84 valence electrons. The van der Waals surface area contributed by atoms with Crippen LogP contribution in [0.5, 0.6) is 0 Å². The summed E-state index contributed by atoms with van der Waals surface area (Å²) >= 11 is 3.37. The summed E-state index contributed by atoms with van der Waals surface area (Å²) in [4.78, 5) is 4.33. The number of hydrogen-bond donors (Lipinski definition) is 1. The molecule has 0 bridgehead atoms. The second kappa shape index (κ2) is 5.23. The van der Waals surface area contributed by atoms with Gasteiger partial charge in [-0.1, -0.05) is 0 Å². The summed E-state index contributed by atoms with van der Waals surface area (Å²) in [6.07, 6.45) is 3.61. The first-order chi connectivity index (χ1) is 7.79. The van der Waals surface area contributed by atoms with Gasteiger partial charge in [-0.25, -0.2) is 0 Å². The van der Waals surface area contributed by atoms with Crippen molar-refractivity contribution in [1.82, 2.24) is 20.1 Å². The molecule has 2 aromatic heterocycles. The Balaban J connectivity index is 2.13. The van der Waals surface area contributed by atoms with E-state index in [0.29, 0.717) is 6.54 Å². The molecule has 0 aliphatic carbocycles. The van der Waals surface area contributed by atoms with Crippen molar-refractivity contribution in [2.45, 2.75) is 13.1 Å². The fraction of sp³-hybridized carbons (Fsp3) is 0.273. The third-order valence-corrected chi connectivity index (χ3v) is 2.73. The third kappa shape index (κ3) is 2.68. The van der Waals surface area contributed by atoms with Crippen LogP contribution in [0, 0.1) is 0 Å². The Morgan fingerprint density at radius 1 is 1.38 bits per heavy atom. The van der Waals surface area contributed by atoms with E-state index in [2.05, 4.69) is 31.3 Å². The van der Waals surface area contributed by atoms with Crippen molar-refractivity contribution in [1.29, 1.82) is 0 Å². The third-order valence-electron chi connectivity index (χ3n) is 2.26. The second-order valence-corrected chi connectivity index (χ2v) is 4.39. The standard InChI is InChI=1S/C11H13BrN4/c1-13-7-11-4-5-15-16(11)8-10-3-2-9(12)6-14-10/h2-6,13H,7-8H2,1H3. The smallest absolute Gasteiger partial charge is 0.0835 e. The van der Waals surface area contributed by atoms with Crippen LogP contribution >= 0.6 is 15.9 Å². The number of halogens is 1. The summed E-state index contributed by atoms with van der Waals surface area (Å²) in [5, 5.41) is 7.39. The van der Waals surface area contributed by atoms with Crippen LogP contribution in [-0.4, -0.2) is 21.8 Å². The summed E-state index contributed by atoms with van der Waals surface area (Å²) in [6.45, 7) is 1.52. The van der Waals surface area contributed by atoms with Gasteiger partial charge >= 0.3 is 0 Å². The van der Waals surface area contributed by atoms with Crippen molar-refractivity contribution in [2.24, 2.45) is 0 Å². The van der Waals surface area contributed by atoms with Crippen molar-refractivity contribution >= 4 is 15.9 Å². The van der Waals surface area contributed by atoms with Gasteiger partial charge in [-0.05, 0) is 41.2 Å². The zero-order valence-corrected chi connectivity index (χ0v) is 10.6. The zero-order valence-electron chi connectivity index (χ0n) is 9.02.